The average Bonchev–Trinajstić information content (AvgIpc) is 3.33. The van der Waals surface area contributed by atoms with Crippen molar-refractivity contribution in [2.75, 3.05) is 13.2 Å². The fourth-order valence-corrected chi connectivity index (χ4v) is 6.51. The van der Waals surface area contributed by atoms with Gasteiger partial charge in [0.15, 0.2) is 0 Å². The second kappa shape index (κ2) is 8.35. The lowest BCUT2D eigenvalue weighted by atomic mass is 9.66. The maximum absolute atomic E-state index is 13.7. The molecule has 6 atom stereocenters. The van der Waals surface area contributed by atoms with Gasteiger partial charge >= 0.3 is 0 Å². The van der Waals surface area contributed by atoms with Crippen LogP contribution < -0.4 is 10.6 Å². The van der Waals surface area contributed by atoms with Crippen molar-refractivity contribution in [3.8, 4) is 0 Å². The van der Waals surface area contributed by atoms with E-state index in [1.807, 2.05) is 13.8 Å². The van der Waals surface area contributed by atoms with Crippen molar-refractivity contribution < 1.29 is 24.2 Å². The molecule has 3 aliphatic heterocycles. The molecule has 0 aromatic carbocycles. The zero-order valence-electron chi connectivity index (χ0n) is 19.0. The van der Waals surface area contributed by atoms with Crippen LogP contribution in [-0.4, -0.2) is 70.2 Å². The number of aliphatic hydroxyl groups is 1. The molecule has 2 unspecified atom stereocenters. The van der Waals surface area contributed by atoms with E-state index in [0.717, 1.165) is 32.1 Å². The number of fused-ring (bicyclic) bond motifs is 1. The number of carbonyl (C=O) groups is 3. The van der Waals surface area contributed by atoms with Crippen LogP contribution in [-0.2, 0) is 19.1 Å². The average molecular weight is 436 g/mol. The molecule has 3 N–H and O–H groups in total. The Hall–Kier alpha value is -1.67. The molecule has 3 heterocycles. The van der Waals surface area contributed by atoms with Crippen LogP contribution in [0.25, 0.3) is 0 Å². The monoisotopic (exact) mass is 435 g/mol. The van der Waals surface area contributed by atoms with Crippen LogP contribution in [0.1, 0.15) is 72.1 Å². The first-order chi connectivity index (χ1) is 14.8. The number of rotatable bonds is 7. The molecular weight excluding hydrogens is 398 g/mol. The van der Waals surface area contributed by atoms with E-state index in [2.05, 4.69) is 10.6 Å². The van der Waals surface area contributed by atoms with E-state index in [0.29, 0.717) is 19.4 Å². The molecule has 174 valence electrons. The maximum atomic E-state index is 13.7. The molecule has 3 amide bonds. The van der Waals surface area contributed by atoms with Crippen molar-refractivity contribution in [1.82, 2.24) is 15.5 Å². The Morgan fingerprint density at radius 1 is 1.23 bits per heavy atom. The van der Waals surface area contributed by atoms with Crippen molar-refractivity contribution in [3.05, 3.63) is 0 Å². The number of nitrogens with one attached hydrogen (secondary N) is 2. The summed E-state index contributed by atoms with van der Waals surface area (Å²) in [5.74, 6) is -1.94. The van der Waals surface area contributed by atoms with Crippen molar-refractivity contribution in [1.29, 1.82) is 0 Å². The third-order valence-electron chi connectivity index (χ3n) is 7.99. The lowest BCUT2D eigenvalue weighted by Crippen LogP contribution is -2.59. The number of amides is 3. The summed E-state index contributed by atoms with van der Waals surface area (Å²) in [6.45, 7) is 5.93. The number of aliphatic hydroxyl groups excluding tert-OH is 1. The number of carbonyl (C=O) groups excluding carboxylic acids is 3. The molecule has 3 saturated heterocycles. The first-order valence-corrected chi connectivity index (χ1v) is 12.0. The standard InChI is InChI=1S/C23H37N3O5/c1-4-12-24-19(28)16-17-21(30)26(14(2)13-27)18(23(17)11-10-22(16,3)31-23)20(29)25-15-8-6-5-7-9-15/h14-18,27H,4-13H2,1-3H3,(H,24,28)(H,25,29)/t14-,16+,17+,18?,22-,23?/m1/s1. The van der Waals surface area contributed by atoms with Crippen LogP contribution in [0.5, 0.6) is 0 Å². The summed E-state index contributed by atoms with van der Waals surface area (Å²) in [7, 11) is 0. The van der Waals surface area contributed by atoms with E-state index in [9.17, 15) is 19.5 Å². The van der Waals surface area contributed by atoms with Crippen LogP contribution >= 0.6 is 0 Å². The van der Waals surface area contributed by atoms with Gasteiger partial charge in [-0.1, -0.05) is 26.2 Å². The van der Waals surface area contributed by atoms with Crippen LogP contribution in [0.2, 0.25) is 0 Å². The minimum atomic E-state index is -1.01. The van der Waals surface area contributed by atoms with E-state index in [1.54, 1.807) is 6.92 Å². The number of hydrogen-bond acceptors (Lipinski definition) is 5. The Morgan fingerprint density at radius 2 is 1.94 bits per heavy atom. The van der Waals surface area contributed by atoms with E-state index in [-0.39, 0.29) is 30.4 Å². The molecule has 1 saturated carbocycles. The highest BCUT2D eigenvalue weighted by Gasteiger charge is 2.78. The first-order valence-electron chi connectivity index (χ1n) is 12.0. The lowest BCUT2D eigenvalue weighted by Gasteiger charge is -2.37. The van der Waals surface area contributed by atoms with E-state index < -0.39 is 35.1 Å². The van der Waals surface area contributed by atoms with Gasteiger partial charge in [0.25, 0.3) is 0 Å². The summed E-state index contributed by atoms with van der Waals surface area (Å²) in [5.41, 5.74) is -1.77. The molecule has 0 radical (unpaired) electrons. The maximum Gasteiger partial charge on any atom is 0.246 e. The number of likely N-dealkylation sites (tertiary alicyclic amines) is 1. The molecule has 1 spiro atoms. The quantitative estimate of drug-likeness (QED) is 0.555. The van der Waals surface area contributed by atoms with Gasteiger partial charge in [-0.25, -0.2) is 0 Å². The lowest BCUT2D eigenvalue weighted by molar-refractivity contribution is -0.149. The largest absolute Gasteiger partial charge is 0.394 e. The van der Waals surface area contributed by atoms with Gasteiger partial charge in [-0.3, -0.25) is 14.4 Å². The predicted octanol–water partition coefficient (Wildman–Crippen LogP) is 1.11. The highest BCUT2D eigenvalue weighted by atomic mass is 16.5. The van der Waals surface area contributed by atoms with Crippen molar-refractivity contribution in [3.63, 3.8) is 0 Å². The van der Waals surface area contributed by atoms with E-state index in [1.165, 1.54) is 11.3 Å². The smallest absolute Gasteiger partial charge is 0.246 e. The molecule has 31 heavy (non-hydrogen) atoms. The Morgan fingerprint density at radius 3 is 2.58 bits per heavy atom. The van der Waals surface area contributed by atoms with Crippen LogP contribution in [0, 0.1) is 11.8 Å². The Balaban J connectivity index is 1.68. The number of nitrogens with zero attached hydrogens (tertiary/aromatic N) is 1. The zero-order chi connectivity index (χ0) is 22.4. The zero-order valence-corrected chi connectivity index (χ0v) is 19.0. The van der Waals surface area contributed by atoms with Gasteiger partial charge in [-0.05, 0) is 46.0 Å². The molecule has 4 rings (SSSR count). The minimum absolute atomic E-state index is 0.107. The van der Waals surface area contributed by atoms with Crippen molar-refractivity contribution in [2.24, 2.45) is 11.8 Å². The Labute approximate surface area is 184 Å². The van der Waals surface area contributed by atoms with Crippen LogP contribution in [0.3, 0.4) is 0 Å². The fraction of sp³-hybridized carbons (Fsp3) is 0.870. The molecule has 4 aliphatic rings. The number of ether oxygens (including phenoxy) is 1. The molecule has 0 aromatic heterocycles. The highest BCUT2D eigenvalue weighted by molar-refractivity contribution is 5.99. The molecule has 8 nitrogen and oxygen atoms in total. The van der Waals surface area contributed by atoms with E-state index in [4.69, 9.17) is 4.74 Å². The molecule has 8 heteroatoms. The van der Waals surface area contributed by atoms with Gasteiger partial charge in [0.05, 0.1) is 30.1 Å². The van der Waals surface area contributed by atoms with Gasteiger partial charge in [-0.15, -0.1) is 0 Å². The Bertz CT molecular complexity index is 739. The second-order valence-electron chi connectivity index (χ2n) is 10.1. The first kappa shape index (κ1) is 22.5. The molecular formula is C23H37N3O5. The fourth-order valence-electron chi connectivity index (χ4n) is 6.51. The summed E-state index contributed by atoms with van der Waals surface area (Å²) in [4.78, 5) is 41.9. The third kappa shape index (κ3) is 3.46. The minimum Gasteiger partial charge on any atom is -0.394 e. The molecule has 4 fully saturated rings. The second-order valence-corrected chi connectivity index (χ2v) is 10.1. The summed E-state index contributed by atoms with van der Waals surface area (Å²) in [6, 6.07) is -1.24. The Kier molecular flexibility index (Phi) is 6.07. The summed E-state index contributed by atoms with van der Waals surface area (Å²) in [5, 5.41) is 16.0. The summed E-state index contributed by atoms with van der Waals surface area (Å²) < 4.78 is 6.54. The van der Waals surface area contributed by atoms with Gasteiger partial charge < -0.3 is 25.4 Å². The molecule has 1 aliphatic carbocycles. The van der Waals surface area contributed by atoms with Gasteiger partial charge in [0.2, 0.25) is 17.7 Å². The number of hydrogen-bond donors (Lipinski definition) is 3. The summed E-state index contributed by atoms with van der Waals surface area (Å²) in [6.07, 6.45) is 7.26. The van der Waals surface area contributed by atoms with Gasteiger partial charge in [0.1, 0.15) is 11.6 Å². The van der Waals surface area contributed by atoms with Gasteiger partial charge in [-0.2, -0.15) is 0 Å². The SMILES string of the molecule is CCCNC(=O)[C@@H]1[C@H]2C(=O)N([C@H](C)CO)C(C(=O)NC3CCCCC3)C23CC[C@@]1(C)O3. The molecule has 0 aromatic rings. The van der Waals surface area contributed by atoms with Crippen molar-refractivity contribution in [2.45, 2.75) is 101 Å². The highest BCUT2D eigenvalue weighted by Crippen LogP contribution is 2.63. The van der Waals surface area contributed by atoms with Gasteiger partial charge in [0, 0.05) is 12.6 Å². The normalized spacial score (nSPS) is 38.3. The molecule has 2 bridgehead atoms. The summed E-state index contributed by atoms with van der Waals surface area (Å²) >= 11 is 0. The van der Waals surface area contributed by atoms with Crippen LogP contribution in [0.15, 0.2) is 0 Å². The van der Waals surface area contributed by atoms with Crippen molar-refractivity contribution >= 4 is 17.7 Å². The topological polar surface area (TPSA) is 108 Å². The third-order valence-corrected chi connectivity index (χ3v) is 7.99. The van der Waals surface area contributed by atoms with Crippen LogP contribution in [0.4, 0.5) is 0 Å². The predicted molar refractivity (Wildman–Crippen MR) is 114 cm³/mol. The van der Waals surface area contributed by atoms with E-state index >= 15 is 0 Å².